The zero-order chi connectivity index (χ0) is 20.9. The third-order valence-corrected chi connectivity index (χ3v) is 5.46. The minimum Gasteiger partial charge on any atom is -0.394 e. The van der Waals surface area contributed by atoms with Gasteiger partial charge in [-0.2, -0.15) is 0 Å². The van der Waals surface area contributed by atoms with E-state index in [0.717, 1.165) is 11.6 Å². The van der Waals surface area contributed by atoms with Crippen LogP contribution in [0, 0.1) is 6.92 Å². The zero-order valence-electron chi connectivity index (χ0n) is 17.4. The Hall–Kier alpha value is -2.66. The number of aromatic nitrogens is 8. The van der Waals surface area contributed by atoms with Crippen LogP contribution in [0.2, 0.25) is 0 Å². The Labute approximate surface area is 168 Å². The van der Waals surface area contributed by atoms with Gasteiger partial charge in [0.1, 0.15) is 18.2 Å². The molecule has 0 aromatic carbocycles. The monoisotopic (exact) mass is 401 g/mol. The molecule has 0 amide bonds. The van der Waals surface area contributed by atoms with Gasteiger partial charge >= 0.3 is 0 Å². The minimum atomic E-state index is -0.611. The molecule has 2 unspecified atom stereocenters. The SMILES string of the molecule is Cc1nnc(Cn2nnc3c(N4CCC(O)C4CO)nc(C(C)(C)C)nc32)n1C. The van der Waals surface area contributed by atoms with Crippen LogP contribution in [0.15, 0.2) is 0 Å². The molecule has 11 heteroatoms. The first kappa shape index (κ1) is 19.6. The van der Waals surface area contributed by atoms with E-state index in [2.05, 4.69) is 20.5 Å². The summed E-state index contributed by atoms with van der Waals surface area (Å²) in [5.41, 5.74) is 0.843. The summed E-state index contributed by atoms with van der Waals surface area (Å²) in [4.78, 5) is 11.4. The number of hydrogen-bond donors (Lipinski definition) is 2. The van der Waals surface area contributed by atoms with Gasteiger partial charge < -0.3 is 19.7 Å². The van der Waals surface area contributed by atoms with Gasteiger partial charge in [0.25, 0.3) is 0 Å². The Morgan fingerprint density at radius 2 is 1.90 bits per heavy atom. The van der Waals surface area contributed by atoms with Crippen molar-refractivity contribution in [3.05, 3.63) is 17.5 Å². The molecule has 2 N–H and O–H groups in total. The lowest BCUT2D eigenvalue weighted by Gasteiger charge is -2.27. The number of aliphatic hydroxyl groups excluding tert-OH is 2. The first-order valence-electron chi connectivity index (χ1n) is 9.73. The lowest BCUT2D eigenvalue weighted by Crippen LogP contribution is -2.39. The molecule has 1 aliphatic rings. The molecule has 0 bridgehead atoms. The molecule has 3 aromatic rings. The second kappa shape index (κ2) is 6.99. The number of anilines is 1. The van der Waals surface area contributed by atoms with Crippen LogP contribution in [0.3, 0.4) is 0 Å². The van der Waals surface area contributed by atoms with Crippen molar-refractivity contribution in [3.63, 3.8) is 0 Å². The quantitative estimate of drug-likeness (QED) is 0.617. The maximum absolute atomic E-state index is 10.3. The molecule has 4 rings (SSSR count). The Kier molecular flexibility index (Phi) is 4.74. The van der Waals surface area contributed by atoms with Gasteiger partial charge in [-0.1, -0.05) is 26.0 Å². The average molecular weight is 401 g/mol. The molecular formula is C18H27N9O2. The fourth-order valence-corrected chi connectivity index (χ4v) is 3.53. The van der Waals surface area contributed by atoms with Gasteiger partial charge in [0.2, 0.25) is 0 Å². The summed E-state index contributed by atoms with van der Waals surface area (Å²) in [6.45, 7) is 8.81. The fourth-order valence-electron chi connectivity index (χ4n) is 3.53. The molecule has 11 nitrogen and oxygen atoms in total. The summed E-state index contributed by atoms with van der Waals surface area (Å²) < 4.78 is 3.60. The van der Waals surface area contributed by atoms with Crippen LogP contribution in [0.25, 0.3) is 11.2 Å². The highest BCUT2D eigenvalue weighted by molar-refractivity contribution is 5.83. The molecule has 3 aromatic heterocycles. The van der Waals surface area contributed by atoms with Crippen LogP contribution in [0.1, 0.15) is 44.7 Å². The molecule has 0 spiro atoms. The Balaban J connectivity index is 1.85. The van der Waals surface area contributed by atoms with Gasteiger partial charge in [0.05, 0.1) is 18.8 Å². The van der Waals surface area contributed by atoms with Crippen molar-refractivity contribution in [2.45, 2.75) is 58.2 Å². The van der Waals surface area contributed by atoms with Crippen LogP contribution in [0.4, 0.5) is 5.82 Å². The van der Waals surface area contributed by atoms with E-state index in [-0.39, 0.29) is 12.0 Å². The van der Waals surface area contributed by atoms with E-state index >= 15 is 0 Å². The highest BCUT2D eigenvalue weighted by Gasteiger charge is 2.36. The lowest BCUT2D eigenvalue weighted by molar-refractivity contribution is 0.128. The molecule has 2 atom stereocenters. The van der Waals surface area contributed by atoms with E-state index < -0.39 is 12.1 Å². The summed E-state index contributed by atoms with van der Waals surface area (Å²) in [6.07, 6.45) is -0.0479. The Morgan fingerprint density at radius 1 is 1.14 bits per heavy atom. The molecule has 0 saturated carbocycles. The third kappa shape index (κ3) is 3.33. The first-order chi connectivity index (χ1) is 13.7. The van der Waals surface area contributed by atoms with Gasteiger partial charge in [0.15, 0.2) is 22.8 Å². The van der Waals surface area contributed by atoms with Crippen molar-refractivity contribution in [2.24, 2.45) is 7.05 Å². The molecule has 1 fully saturated rings. The average Bonchev–Trinajstić information content (AvgIpc) is 3.34. The van der Waals surface area contributed by atoms with Crippen LogP contribution in [-0.4, -0.2) is 75.2 Å². The highest BCUT2D eigenvalue weighted by Crippen LogP contribution is 2.31. The van der Waals surface area contributed by atoms with Gasteiger partial charge in [0, 0.05) is 19.0 Å². The molecular weight excluding hydrogens is 374 g/mol. The Morgan fingerprint density at radius 3 is 2.52 bits per heavy atom. The van der Waals surface area contributed by atoms with Crippen LogP contribution in [-0.2, 0) is 19.0 Å². The van der Waals surface area contributed by atoms with Crippen molar-refractivity contribution in [1.82, 2.24) is 39.7 Å². The third-order valence-electron chi connectivity index (χ3n) is 5.46. The Bertz CT molecular complexity index is 1040. The topological polar surface area (TPSA) is 131 Å². The lowest BCUT2D eigenvalue weighted by atomic mass is 9.95. The van der Waals surface area contributed by atoms with E-state index in [4.69, 9.17) is 9.97 Å². The van der Waals surface area contributed by atoms with Gasteiger partial charge in [-0.15, -0.1) is 15.3 Å². The number of aliphatic hydroxyl groups is 2. The predicted molar refractivity (Wildman–Crippen MR) is 106 cm³/mol. The normalized spacial score (nSPS) is 20.2. The van der Waals surface area contributed by atoms with E-state index in [0.29, 0.717) is 42.3 Å². The largest absolute Gasteiger partial charge is 0.394 e. The predicted octanol–water partition coefficient (Wildman–Crippen LogP) is -0.0641. The number of fused-ring (bicyclic) bond motifs is 1. The number of rotatable bonds is 4. The van der Waals surface area contributed by atoms with E-state index in [1.165, 1.54) is 0 Å². The number of nitrogens with zero attached hydrogens (tertiary/aromatic N) is 9. The molecule has 4 heterocycles. The molecule has 1 saturated heterocycles. The van der Waals surface area contributed by atoms with E-state index in [9.17, 15) is 10.2 Å². The summed E-state index contributed by atoms with van der Waals surface area (Å²) in [5.74, 6) is 2.80. The second-order valence-electron chi connectivity index (χ2n) is 8.56. The molecule has 0 radical (unpaired) electrons. The zero-order valence-corrected chi connectivity index (χ0v) is 17.4. The van der Waals surface area contributed by atoms with Gasteiger partial charge in [-0.3, -0.25) is 0 Å². The van der Waals surface area contributed by atoms with Crippen molar-refractivity contribution < 1.29 is 10.2 Å². The van der Waals surface area contributed by atoms with Crippen LogP contribution < -0.4 is 4.90 Å². The fraction of sp³-hybridized carbons (Fsp3) is 0.667. The summed E-state index contributed by atoms with van der Waals surface area (Å²) in [6, 6.07) is -0.424. The van der Waals surface area contributed by atoms with Crippen molar-refractivity contribution in [2.75, 3.05) is 18.1 Å². The van der Waals surface area contributed by atoms with Crippen molar-refractivity contribution in [3.8, 4) is 0 Å². The van der Waals surface area contributed by atoms with Crippen LogP contribution in [0.5, 0.6) is 0 Å². The molecule has 29 heavy (non-hydrogen) atoms. The van der Waals surface area contributed by atoms with Gasteiger partial charge in [-0.25, -0.2) is 14.6 Å². The number of aryl methyl sites for hydroxylation is 1. The van der Waals surface area contributed by atoms with Gasteiger partial charge in [-0.05, 0) is 13.3 Å². The van der Waals surface area contributed by atoms with Crippen molar-refractivity contribution in [1.29, 1.82) is 0 Å². The van der Waals surface area contributed by atoms with E-state index in [1.54, 1.807) is 4.68 Å². The molecule has 156 valence electrons. The summed E-state index contributed by atoms with van der Waals surface area (Å²) in [5, 5.41) is 37.0. The minimum absolute atomic E-state index is 0.163. The van der Waals surface area contributed by atoms with E-state index in [1.807, 2.05) is 44.2 Å². The molecule has 1 aliphatic heterocycles. The summed E-state index contributed by atoms with van der Waals surface area (Å²) in [7, 11) is 1.91. The van der Waals surface area contributed by atoms with Crippen molar-refractivity contribution >= 4 is 17.0 Å². The highest BCUT2D eigenvalue weighted by atomic mass is 16.3. The smallest absolute Gasteiger partial charge is 0.184 e. The molecule has 0 aliphatic carbocycles. The summed E-state index contributed by atoms with van der Waals surface area (Å²) >= 11 is 0. The number of hydrogen-bond acceptors (Lipinski definition) is 9. The maximum atomic E-state index is 10.3. The van der Waals surface area contributed by atoms with Crippen LogP contribution >= 0.6 is 0 Å². The maximum Gasteiger partial charge on any atom is 0.184 e. The first-order valence-corrected chi connectivity index (χ1v) is 9.73. The standard InChI is InChI=1S/C18H27N9O2/c1-10-21-22-13(25(10)5)8-27-16-14(23-24-27)15(19-17(20-16)18(2,3)4)26-7-6-12(29)11(26)9-28/h11-12,28-29H,6-9H2,1-5H3. The second-order valence-corrected chi connectivity index (χ2v) is 8.56.